The molecule has 1 saturated heterocycles. The van der Waals surface area contributed by atoms with E-state index in [0.29, 0.717) is 5.69 Å². The maximum Gasteiger partial charge on any atom is 0.335 e. The highest BCUT2D eigenvalue weighted by Gasteiger charge is 2.37. The van der Waals surface area contributed by atoms with Crippen molar-refractivity contribution in [1.82, 2.24) is 9.88 Å². The Labute approximate surface area is 168 Å². The van der Waals surface area contributed by atoms with Crippen molar-refractivity contribution >= 4 is 40.5 Å². The molecule has 0 spiro atoms. The number of benzene rings is 2. The molecule has 1 aromatic heterocycles. The predicted octanol–water partition coefficient (Wildman–Crippen LogP) is 3.94. The highest BCUT2D eigenvalue weighted by molar-refractivity contribution is 6.39. The molecule has 0 atom stereocenters. The molecule has 1 N–H and O–H groups in total. The van der Waals surface area contributed by atoms with Crippen molar-refractivity contribution in [3.05, 3.63) is 70.9 Å². The van der Waals surface area contributed by atoms with Gasteiger partial charge in [0.25, 0.3) is 11.8 Å². The summed E-state index contributed by atoms with van der Waals surface area (Å²) in [4.78, 5) is 39.2. The van der Waals surface area contributed by atoms with Gasteiger partial charge < -0.3 is 4.57 Å². The lowest BCUT2D eigenvalue weighted by Gasteiger charge is -2.27. The number of barbiturate groups is 1. The van der Waals surface area contributed by atoms with E-state index in [9.17, 15) is 14.4 Å². The van der Waals surface area contributed by atoms with E-state index in [1.165, 1.54) is 0 Å². The number of rotatable bonds is 3. The first kappa shape index (κ1) is 18.7. The number of nitrogens with one attached hydrogen (secondary N) is 1. The zero-order chi connectivity index (χ0) is 20.7. The molecule has 146 valence electrons. The molecule has 6 heteroatoms. The smallest absolute Gasteiger partial charge is 0.335 e. The molecule has 29 heavy (non-hydrogen) atoms. The Morgan fingerprint density at radius 1 is 1.03 bits per heavy atom. The zero-order valence-electron chi connectivity index (χ0n) is 16.5. The van der Waals surface area contributed by atoms with Crippen LogP contribution in [0.15, 0.2) is 54.2 Å². The standard InChI is InChI=1S/C23H21N3O3/c1-4-25-13-16(17-7-5-6-8-19(17)25)12-18-21(27)24-23(29)26(22(18)28)20-11-14(2)9-10-15(20)3/h5-13H,4H2,1-3H3,(H,24,27,29)/b18-12+. The van der Waals surface area contributed by atoms with Crippen molar-refractivity contribution in [3.63, 3.8) is 0 Å². The molecule has 2 heterocycles. The first-order chi connectivity index (χ1) is 13.9. The van der Waals surface area contributed by atoms with Gasteiger partial charge in [0.15, 0.2) is 0 Å². The van der Waals surface area contributed by atoms with Crippen LogP contribution in [0.3, 0.4) is 0 Å². The topological polar surface area (TPSA) is 71.4 Å². The SMILES string of the molecule is CCn1cc(/C=C2\C(=O)NC(=O)N(c3cc(C)ccc3C)C2=O)c2ccccc21. The molecule has 4 amide bonds. The zero-order valence-corrected chi connectivity index (χ0v) is 16.5. The van der Waals surface area contributed by atoms with Gasteiger partial charge in [-0.3, -0.25) is 14.9 Å². The molecule has 0 unspecified atom stereocenters. The van der Waals surface area contributed by atoms with Gasteiger partial charge in [-0.05, 0) is 50.1 Å². The van der Waals surface area contributed by atoms with E-state index >= 15 is 0 Å². The number of aryl methyl sites for hydroxylation is 3. The Hall–Kier alpha value is -3.67. The minimum Gasteiger partial charge on any atom is -0.347 e. The number of urea groups is 1. The summed E-state index contributed by atoms with van der Waals surface area (Å²) in [5.41, 5.74) is 3.88. The third-order valence-corrected chi connectivity index (χ3v) is 5.17. The average Bonchev–Trinajstić information content (AvgIpc) is 3.05. The van der Waals surface area contributed by atoms with E-state index in [1.54, 1.807) is 12.1 Å². The van der Waals surface area contributed by atoms with E-state index in [0.717, 1.165) is 39.0 Å². The number of hydrogen-bond donors (Lipinski definition) is 1. The van der Waals surface area contributed by atoms with Gasteiger partial charge in [0.1, 0.15) is 5.57 Å². The van der Waals surface area contributed by atoms with Gasteiger partial charge in [-0.1, -0.05) is 30.3 Å². The molecule has 4 rings (SSSR count). The molecular weight excluding hydrogens is 366 g/mol. The summed E-state index contributed by atoms with van der Waals surface area (Å²) < 4.78 is 2.06. The van der Waals surface area contributed by atoms with Gasteiger partial charge in [-0.25, -0.2) is 9.69 Å². The fraction of sp³-hybridized carbons (Fsp3) is 0.174. The number of carbonyl (C=O) groups excluding carboxylic acids is 3. The minimum absolute atomic E-state index is 0.0653. The molecule has 3 aromatic rings. The number of hydrogen-bond acceptors (Lipinski definition) is 3. The fourth-order valence-corrected chi connectivity index (χ4v) is 3.64. The van der Waals surface area contributed by atoms with Crippen LogP contribution in [-0.4, -0.2) is 22.4 Å². The van der Waals surface area contributed by atoms with Crippen molar-refractivity contribution in [3.8, 4) is 0 Å². The van der Waals surface area contributed by atoms with E-state index in [1.807, 2.05) is 63.4 Å². The monoisotopic (exact) mass is 387 g/mol. The number of imide groups is 2. The van der Waals surface area contributed by atoms with Crippen LogP contribution in [-0.2, 0) is 16.1 Å². The molecule has 0 aliphatic carbocycles. The summed E-state index contributed by atoms with van der Waals surface area (Å²) in [5, 5.41) is 3.24. The van der Waals surface area contributed by atoms with Crippen molar-refractivity contribution in [2.75, 3.05) is 4.90 Å². The Morgan fingerprint density at radius 3 is 2.55 bits per heavy atom. The third-order valence-electron chi connectivity index (χ3n) is 5.17. The lowest BCUT2D eigenvalue weighted by Crippen LogP contribution is -2.54. The second-order valence-electron chi connectivity index (χ2n) is 7.14. The van der Waals surface area contributed by atoms with Gasteiger partial charge in [-0.15, -0.1) is 0 Å². The average molecular weight is 387 g/mol. The number of fused-ring (bicyclic) bond motifs is 1. The predicted molar refractivity (Wildman–Crippen MR) is 113 cm³/mol. The number of amides is 4. The molecule has 1 aliphatic rings. The molecule has 6 nitrogen and oxygen atoms in total. The number of aromatic nitrogens is 1. The van der Waals surface area contributed by atoms with Gasteiger partial charge in [0.2, 0.25) is 0 Å². The van der Waals surface area contributed by atoms with E-state index < -0.39 is 17.8 Å². The molecule has 0 radical (unpaired) electrons. The van der Waals surface area contributed by atoms with Crippen LogP contribution >= 0.6 is 0 Å². The fourth-order valence-electron chi connectivity index (χ4n) is 3.64. The molecular formula is C23H21N3O3. The largest absolute Gasteiger partial charge is 0.347 e. The van der Waals surface area contributed by atoms with Gasteiger partial charge in [-0.2, -0.15) is 0 Å². The van der Waals surface area contributed by atoms with Crippen molar-refractivity contribution in [2.45, 2.75) is 27.3 Å². The van der Waals surface area contributed by atoms with Crippen LogP contribution in [0.2, 0.25) is 0 Å². The maximum absolute atomic E-state index is 13.2. The van der Waals surface area contributed by atoms with E-state index in [2.05, 4.69) is 9.88 Å². The van der Waals surface area contributed by atoms with Crippen molar-refractivity contribution < 1.29 is 14.4 Å². The Morgan fingerprint density at radius 2 is 1.79 bits per heavy atom. The second kappa shape index (κ2) is 7.05. The van der Waals surface area contributed by atoms with Crippen LogP contribution in [0.1, 0.15) is 23.6 Å². The summed E-state index contributed by atoms with van der Waals surface area (Å²) in [6.45, 7) is 6.50. The first-order valence-electron chi connectivity index (χ1n) is 9.47. The second-order valence-corrected chi connectivity index (χ2v) is 7.14. The van der Waals surface area contributed by atoms with Gasteiger partial charge in [0.05, 0.1) is 5.69 Å². The molecule has 0 bridgehead atoms. The quantitative estimate of drug-likeness (QED) is 0.546. The van der Waals surface area contributed by atoms with Gasteiger partial charge >= 0.3 is 6.03 Å². The van der Waals surface area contributed by atoms with Crippen LogP contribution in [0, 0.1) is 13.8 Å². The number of carbonyl (C=O) groups is 3. The van der Waals surface area contributed by atoms with Gasteiger partial charge in [0, 0.05) is 29.2 Å². The maximum atomic E-state index is 13.2. The lowest BCUT2D eigenvalue weighted by atomic mass is 10.0. The van der Waals surface area contributed by atoms with Crippen LogP contribution in [0.4, 0.5) is 10.5 Å². The number of para-hydroxylation sites is 1. The third kappa shape index (κ3) is 3.12. The van der Waals surface area contributed by atoms with Crippen LogP contribution in [0.5, 0.6) is 0 Å². The molecule has 1 aliphatic heterocycles. The summed E-state index contributed by atoms with van der Waals surface area (Å²) in [6.07, 6.45) is 3.48. The molecule has 2 aromatic carbocycles. The molecule has 1 fully saturated rings. The summed E-state index contributed by atoms with van der Waals surface area (Å²) >= 11 is 0. The van der Waals surface area contributed by atoms with Crippen LogP contribution < -0.4 is 10.2 Å². The highest BCUT2D eigenvalue weighted by atomic mass is 16.2. The normalized spacial score (nSPS) is 16.0. The lowest BCUT2D eigenvalue weighted by molar-refractivity contribution is -0.122. The van der Waals surface area contributed by atoms with Crippen LogP contribution in [0.25, 0.3) is 17.0 Å². The Balaban J connectivity index is 1.84. The number of nitrogens with zero attached hydrogens (tertiary/aromatic N) is 2. The first-order valence-corrected chi connectivity index (χ1v) is 9.47. The number of anilines is 1. The summed E-state index contributed by atoms with van der Waals surface area (Å²) in [6, 6.07) is 12.6. The molecule has 0 saturated carbocycles. The summed E-state index contributed by atoms with van der Waals surface area (Å²) in [5.74, 6) is -1.31. The highest BCUT2D eigenvalue weighted by Crippen LogP contribution is 2.28. The minimum atomic E-state index is -0.734. The van der Waals surface area contributed by atoms with Crippen molar-refractivity contribution in [2.24, 2.45) is 0 Å². The Kier molecular flexibility index (Phi) is 4.54. The van der Waals surface area contributed by atoms with E-state index in [4.69, 9.17) is 0 Å². The summed E-state index contributed by atoms with van der Waals surface area (Å²) in [7, 11) is 0. The van der Waals surface area contributed by atoms with Crippen molar-refractivity contribution in [1.29, 1.82) is 0 Å². The Bertz CT molecular complexity index is 1200. The van der Waals surface area contributed by atoms with E-state index in [-0.39, 0.29) is 5.57 Å².